The van der Waals surface area contributed by atoms with Gasteiger partial charge in [0.05, 0.1) is 18.8 Å². The first-order valence-electron chi connectivity index (χ1n) is 3.99. The summed E-state index contributed by atoms with van der Waals surface area (Å²) in [4.78, 5) is 13.2. The largest absolute Gasteiger partial charge is 0.378 e. The molecule has 1 heterocycles. The Bertz CT molecular complexity index is 223. The third-order valence-corrected chi connectivity index (χ3v) is 1.88. The number of rotatable bonds is 1. The summed E-state index contributed by atoms with van der Waals surface area (Å²) < 4.78 is 5.12. The van der Waals surface area contributed by atoms with Crippen LogP contribution in [0.4, 0.5) is 0 Å². The van der Waals surface area contributed by atoms with Crippen LogP contribution in [0.2, 0.25) is 0 Å². The molecular formula is C9H13NO2. The Morgan fingerprint density at radius 1 is 1.50 bits per heavy atom. The minimum Gasteiger partial charge on any atom is -0.378 e. The normalized spacial score (nSPS) is 16.9. The van der Waals surface area contributed by atoms with E-state index in [2.05, 4.69) is 12.3 Å². The Labute approximate surface area is 72.3 Å². The van der Waals surface area contributed by atoms with Gasteiger partial charge in [0.15, 0.2) is 0 Å². The van der Waals surface area contributed by atoms with Crippen molar-refractivity contribution in [3.05, 3.63) is 17.9 Å². The molecule has 66 valence electrons. The van der Waals surface area contributed by atoms with Crippen LogP contribution in [0.25, 0.3) is 0 Å². The summed E-state index contributed by atoms with van der Waals surface area (Å²) in [6.07, 6.45) is 0. The smallest absolute Gasteiger partial charge is 0.257 e. The topological polar surface area (TPSA) is 29.5 Å². The Morgan fingerprint density at radius 3 is 2.58 bits per heavy atom. The molecule has 0 spiro atoms. The SMILES string of the molecule is C=C=C(C)C(=O)N1CCOCC1. The van der Waals surface area contributed by atoms with Crippen LogP contribution in [-0.4, -0.2) is 37.1 Å². The molecule has 0 aromatic carbocycles. The minimum absolute atomic E-state index is 0.0216. The highest BCUT2D eigenvalue weighted by Gasteiger charge is 2.17. The third-order valence-electron chi connectivity index (χ3n) is 1.88. The summed E-state index contributed by atoms with van der Waals surface area (Å²) in [5, 5.41) is 0. The van der Waals surface area contributed by atoms with E-state index in [1.165, 1.54) is 0 Å². The summed E-state index contributed by atoms with van der Waals surface area (Å²) in [5.74, 6) is 0.0216. The van der Waals surface area contributed by atoms with Gasteiger partial charge in [-0.2, -0.15) is 0 Å². The lowest BCUT2D eigenvalue weighted by Crippen LogP contribution is -2.40. The van der Waals surface area contributed by atoms with Crippen molar-refractivity contribution < 1.29 is 9.53 Å². The first-order valence-corrected chi connectivity index (χ1v) is 3.99. The molecule has 1 rings (SSSR count). The predicted octanol–water partition coefficient (Wildman–Crippen LogP) is 0.576. The molecule has 1 amide bonds. The number of hydrogen-bond donors (Lipinski definition) is 0. The van der Waals surface area contributed by atoms with E-state index in [-0.39, 0.29) is 5.91 Å². The standard InChI is InChI=1S/C9H13NO2/c1-3-8(2)9(11)10-4-6-12-7-5-10/h1,4-7H2,2H3. The molecule has 0 atom stereocenters. The number of morpholine rings is 1. The minimum atomic E-state index is 0.0216. The molecule has 12 heavy (non-hydrogen) atoms. The van der Waals surface area contributed by atoms with Gasteiger partial charge in [0.1, 0.15) is 0 Å². The van der Waals surface area contributed by atoms with Gasteiger partial charge in [0.25, 0.3) is 5.91 Å². The molecule has 1 aliphatic heterocycles. The highest BCUT2D eigenvalue weighted by Crippen LogP contribution is 2.02. The third kappa shape index (κ3) is 1.97. The van der Waals surface area contributed by atoms with Gasteiger partial charge in [-0.05, 0) is 6.92 Å². The number of ether oxygens (including phenoxy) is 1. The van der Waals surface area contributed by atoms with Gasteiger partial charge < -0.3 is 9.64 Å². The predicted molar refractivity (Wildman–Crippen MR) is 45.7 cm³/mol. The average Bonchev–Trinajstić information content (AvgIpc) is 2.17. The van der Waals surface area contributed by atoms with Gasteiger partial charge in [-0.15, -0.1) is 5.73 Å². The van der Waals surface area contributed by atoms with Crippen molar-refractivity contribution in [2.24, 2.45) is 0 Å². The number of nitrogens with zero attached hydrogens (tertiary/aromatic N) is 1. The molecular weight excluding hydrogens is 154 g/mol. The molecule has 0 N–H and O–H groups in total. The lowest BCUT2D eigenvalue weighted by atomic mass is 10.2. The molecule has 0 aliphatic carbocycles. The second kappa shape index (κ2) is 4.10. The summed E-state index contributed by atoms with van der Waals surface area (Å²) in [5.41, 5.74) is 3.18. The fourth-order valence-corrected chi connectivity index (χ4v) is 1.08. The maximum absolute atomic E-state index is 11.5. The van der Waals surface area contributed by atoms with E-state index in [0.717, 1.165) is 0 Å². The number of hydrogen-bond acceptors (Lipinski definition) is 2. The second-order valence-corrected chi connectivity index (χ2v) is 2.71. The van der Waals surface area contributed by atoms with Crippen molar-refractivity contribution in [1.29, 1.82) is 0 Å². The van der Waals surface area contributed by atoms with E-state index in [0.29, 0.717) is 31.9 Å². The van der Waals surface area contributed by atoms with E-state index in [4.69, 9.17) is 4.74 Å². The molecule has 0 aromatic rings. The summed E-state index contributed by atoms with van der Waals surface area (Å²) in [7, 11) is 0. The zero-order valence-electron chi connectivity index (χ0n) is 7.30. The summed E-state index contributed by atoms with van der Waals surface area (Å²) in [6, 6.07) is 0. The molecule has 1 fully saturated rings. The number of carbonyl (C=O) groups is 1. The van der Waals surface area contributed by atoms with Crippen LogP contribution in [-0.2, 0) is 9.53 Å². The van der Waals surface area contributed by atoms with Crippen molar-refractivity contribution in [1.82, 2.24) is 4.90 Å². The molecule has 0 bridgehead atoms. The first kappa shape index (κ1) is 9.04. The van der Waals surface area contributed by atoms with Gasteiger partial charge in [-0.25, -0.2) is 0 Å². The van der Waals surface area contributed by atoms with Crippen molar-refractivity contribution in [2.75, 3.05) is 26.3 Å². The van der Waals surface area contributed by atoms with Gasteiger partial charge in [0.2, 0.25) is 0 Å². The Morgan fingerprint density at radius 2 is 2.08 bits per heavy atom. The molecule has 0 aromatic heterocycles. The van der Waals surface area contributed by atoms with Crippen molar-refractivity contribution >= 4 is 5.91 Å². The van der Waals surface area contributed by atoms with Crippen LogP contribution in [0.5, 0.6) is 0 Å². The zero-order chi connectivity index (χ0) is 8.97. The Kier molecular flexibility index (Phi) is 3.09. The Hall–Kier alpha value is -1.05. The van der Waals surface area contributed by atoms with Crippen LogP contribution in [0.15, 0.2) is 17.9 Å². The van der Waals surface area contributed by atoms with Gasteiger partial charge in [-0.1, -0.05) is 6.58 Å². The molecule has 0 saturated carbocycles. The lowest BCUT2D eigenvalue weighted by molar-refractivity contribution is -0.131. The van der Waals surface area contributed by atoms with Gasteiger partial charge in [-0.3, -0.25) is 4.79 Å². The fraction of sp³-hybridized carbons (Fsp3) is 0.556. The molecule has 3 nitrogen and oxygen atoms in total. The van der Waals surface area contributed by atoms with Crippen LogP contribution in [0.3, 0.4) is 0 Å². The fourth-order valence-electron chi connectivity index (χ4n) is 1.08. The molecule has 0 radical (unpaired) electrons. The zero-order valence-corrected chi connectivity index (χ0v) is 7.30. The van der Waals surface area contributed by atoms with E-state index in [1.807, 2.05) is 0 Å². The van der Waals surface area contributed by atoms with Crippen LogP contribution < -0.4 is 0 Å². The first-order chi connectivity index (χ1) is 5.75. The Balaban J connectivity index is 2.56. The maximum Gasteiger partial charge on any atom is 0.257 e. The monoisotopic (exact) mass is 167 g/mol. The van der Waals surface area contributed by atoms with E-state index < -0.39 is 0 Å². The highest BCUT2D eigenvalue weighted by molar-refractivity contribution is 5.92. The molecule has 0 unspecified atom stereocenters. The maximum atomic E-state index is 11.5. The van der Waals surface area contributed by atoms with Gasteiger partial charge >= 0.3 is 0 Å². The average molecular weight is 167 g/mol. The number of amides is 1. The van der Waals surface area contributed by atoms with Crippen molar-refractivity contribution in [3.8, 4) is 0 Å². The summed E-state index contributed by atoms with van der Waals surface area (Å²) in [6.45, 7) is 7.79. The summed E-state index contributed by atoms with van der Waals surface area (Å²) >= 11 is 0. The second-order valence-electron chi connectivity index (χ2n) is 2.71. The van der Waals surface area contributed by atoms with Crippen LogP contribution >= 0.6 is 0 Å². The van der Waals surface area contributed by atoms with Crippen LogP contribution in [0, 0.1) is 0 Å². The lowest BCUT2D eigenvalue weighted by Gasteiger charge is -2.26. The highest BCUT2D eigenvalue weighted by atomic mass is 16.5. The van der Waals surface area contributed by atoms with Crippen LogP contribution in [0.1, 0.15) is 6.92 Å². The van der Waals surface area contributed by atoms with Crippen molar-refractivity contribution in [3.63, 3.8) is 0 Å². The quantitative estimate of drug-likeness (QED) is 0.422. The van der Waals surface area contributed by atoms with Crippen molar-refractivity contribution in [2.45, 2.75) is 6.92 Å². The molecule has 1 saturated heterocycles. The molecule has 3 heteroatoms. The van der Waals surface area contributed by atoms with E-state index in [9.17, 15) is 4.79 Å². The van der Waals surface area contributed by atoms with Gasteiger partial charge in [0, 0.05) is 13.1 Å². The van der Waals surface area contributed by atoms with E-state index >= 15 is 0 Å². The molecule has 1 aliphatic rings. The van der Waals surface area contributed by atoms with E-state index in [1.54, 1.807) is 11.8 Å². The number of carbonyl (C=O) groups excluding carboxylic acids is 1.